The Morgan fingerprint density at radius 1 is 1.20 bits per heavy atom. The fraction of sp³-hybridized carbons (Fsp3) is 0.391. The maximum atomic E-state index is 13.0. The second-order valence-electron chi connectivity index (χ2n) is 8.13. The summed E-state index contributed by atoms with van der Waals surface area (Å²) in [6.07, 6.45) is 8.17. The van der Waals surface area contributed by atoms with Crippen LogP contribution in [0.4, 0.5) is 0 Å². The second-order valence-corrected chi connectivity index (χ2v) is 8.13. The van der Waals surface area contributed by atoms with E-state index in [0.717, 1.165) is 65.4 Å². The van der Waals surface area contributed by atoms with Crippen LogP contribution in [-0.4, -0.2) is 49.8 Å². The predicted molar refractivity (Wildman–Crippen MR) is 112 cm³/mol. The molecule has 0 saturated carbocycles. The summed E-state index contributed by atoms with van der Waals surface area (Å²) in [7, 11) is 1.89. The third-order valence-electron chi connectivity index (χ3n) is 6.06. The van der Waals surface area contributed by atoms with E-state index in [0.29, 0.717) is 13.0 Å². The molecule has 5 rings (SSSR count). The molecular weight excluding hydrogens is 378 g/mol. The smallest absolute Gasteiger partial charge is 0.256 e. The van der Waals surface area contributed by atoms with Crippen molar-refractivity contribution in [1.82, 2.24) is 24.6 Å². The minimum atomic E-state index is 0.107. The first kappa shape index (κ1) is 18.9. The first-order chi connectivity index (χ1) is 14.6. The monoisotopic (exact) mass is 403 g/mol. The molecule has 0 atom stereocenters. The van der Waals surface area contributed by atoms with Gasteiger partial charge in [0.25, 0.3) is 5.91 Å². The molecule has 1 amide bonds. The van der Waals surface area contributed by atoms with Gasteiger partial charge in [0, 0.05) is 56.4 Å². The van der Waals surface area contributed by atoms with E-state index in [1.165, 1.54) is 0 Å². The lowest BCUT2D eigenvalue weighted by atomic mass is 10.0. The molecular formula is C23H25N5O2. The third-order valence-corrected chi connectivity index (χ3v) is 6.06. The number of aromatic nitrogens is 4. The van der Waals surface area contributed by atoms with Crippen LogP contribution in [0.2, 0.25) is 0 Å². The maximum Gasteiger partial charge on any atom is 0.256 e. The number of carbonyl (C=O) groups is 1. The number of hydrogen-bond acceptors (Lipinski definition) is 5. The van der Waals surface area contributed by atoms with Gasteiger partial charge in [-0.15, -0.1) is 0 Å². The van der Waals surface area contributed by atoms with Gasteiger partial charge in [-0.25, -0.2) is 0 Å². The number of ether oxygens (including phenoxy) is 1. The number of amides is 1. The average molecular weight is 403 g/mol. The zero-order chi connectivity index (χ0) is 20.7. The zero-order valence-corrected chi connectivity index (χ0v) is 17.3. The van der Waals surface area contributed by atoms with Crippen LogP contribution >= 0.6 is 0 Å². The van der Waals surface area contributed by atoms with Crippen molar-refractivity contribution in [3.63, 3.8) is 0 Å². The van der Waals surface area contributed by atoms with E-state index in [1.807, 2.05) is 49.6 Å². The molecule has 3 aromatic rings. The van der Waals surface area contributed by atoms with Crippen LogP contribution in [0.5, 0.6) is 0 Å². The highest BCUT2D eigenvalue weighted by Gasteiger charge is 2.35. The Bertz CT molecular complexity index is 1080. The van der Waals surface area contributed by atoms with Crippen molar-refractivity contribution in [3.8, 4) is 11.3 Å². The number of fused-ring (bicyclic) bond motifs is 1. The summed E-state index contributed by atoms with van der Waals surface area (Å²) in [6, 6.07) is 6.39. The molecule has 1 saturated heterocycles. The molecule has 154 valence electrons. The Hall–Kier alpha value is -3.06. The molecule has 7 nitrogen and oxygen atoms in total. The molecule has 7 heteroatoms. The van der Waals surface area contributed by atoms with Gasteiger partial charge in [0.1, 0.15) is 0 Å². The number of hydrogen-bond donors (Lipinski definition) is 0. The average Bonchev–Trinajstić information content (AvgIpc) is 3.33. The van der Waals surface area contributed by atoms with E-state index in [4.69, 9.17) is 9.72 Å². The van der Waals surface area contributed by atoms with E-state index in [2.05, 4.69) is 16.1 Å². The largest absolute Gasteiger partial charge is 0.381 e. The van der Waals surface area contributed by atoms with Crippen molar-refractivity contribution >= 4 is 5.91 Å². The van der Waals surface area contributed by atoms with Crippen molar-refractivity contribution < 1.29 is 9.53 Å². The van der Waals surface area contributed by atoms with E-state index >= 15 is 0 Å². The summed E-state index contributed by atoms with van der Waals surface area (Å²) in [6.45, 7) is 4.09. The maximum absolute atomic E-state index is 13.0. The molecule has 0 bridgehead atoms. The van der Waals surface area contributed by atoms with Gasteiger partial charge >= 0.3 is 0 Å². The van der Waals surface area contributed by atoms with Crippen LogP contribution in [0.1, 0.15) is 45.7 Å². The minimum Gasteiger partial charge on any atom is -0.381 e. The molecule has 5 heterocycles. The summed E-state index contributed by atoms with van der Waals surface area (Å²) in [5, 5.41) is 4.20. The van der Waals surface area contributed by atoms with Crippen LogP contribution < -0.4 is 0 Å². The van der Waals surface area contributed by atoms with Gasteiger partial charge in [0.2, 0.25) is 0 Å². The van der Waals surface area contributed by atoms with E-state index in [9.17, 15) is 4.79 Å². The predicted octanol–water partition coefficient (Wildman–Crippen LogP) is 2.91. The van der Waals surface area contributed by atoms with Gasteiger partial charge in [0.05, 0.1) is 29.7 Å². The first-order valence-corrected chi connectivity index (χ1v) is 10.4. The molecule has 0 aliphatic carbocycles. The van der Waals surface area contributed by atoms with E-state index in [-0.39, 0.29) is 11.9 Å². The van der Waals surface area contributed by atoms with Crippen LogP contribution in [0.15, 0.2) is 36.8 Å². The molecule has 0 radical (unpaired) electrons. The van der Waals surface area contributed by atoms with Gasteiger partial charge in [-0.2, -0.15) is 5.10 Å². The van der Waals surface area contributed by atoms with Gasteiger partial charge < -0.3 is 9.64 Å². The summed E-state index contributed by atoms with van der Waals surface area (Å²) in [5.41, 5.74) is 6.70. The number of nitrogens with zero attached hydrogens (tertiary/aromatic N) is 5. The topological polar surface area (TPSA) is 73.1 Å². The SMILES string of the molecule is Cc1nc2c(cc1Cc1ccc(-c3cnn(C)c3)nc1)C(=O)N(C1CCOCC1)C2. The summed E-state index contributed by atoms with van der Waals surface area (Å²) < 4.78 is 7.22. The Morgan fingerprint density at radius 2 is 2.03 bits per heavy atom. The highest BCUT2D eigenvalue weighted by molar-refractivity contribution is 5.98. The van der Waals surface area contributed by atoms with E-state index < -0.39 is 0 Å². The normalized spacial score (nSPS) is 16.9. The molecule has 2 aliphatic rings. The molecule has 0 aromatic carbocycles. The molecule has 0 spiro atoms. The quantitative estimate of drug-likeness (QED) is 0.670. The Morgan fingerprint density at radius 3 is 2.73 bits per heavy atom. The Kier molecular flexibility index (Phi) is 4.83. The van der Waals surface area contributed by atoms with Crippen LogP contribution in [0, 0.1) is 6.92 Å². The lowest BCUT2D eigenvalue weighted by molar-refractivity contribution is 0.0302. The van der Waals surface area contributed by atoms with Gasteiger partial charge in [-0.1, -0.05) is 6.07 Å². The molecule has 2 aliphatic heterocycles. The van der Waals surface area contributed by atoms with Gasteiger partial charge in [0.15, 0.2) is 0 Å². The number of aryl methyl sites for hydroxylation is 2. The summed E-state index contributed by atoms with van der Waals surface area (Å²) in [4.78, 5) is 24.4. The Labute approximate surface area is 175 Å². The standard InChI is InChI=1S/C23H25N5O2/c1-15-17(9-16-3-4-21(24-11-16)18-12-25-27(2)13-18)10-20-22(26-15)14-28(23(20)29)19-5-7-30-8-6-19/h3-4,10-13,19H,5-9,14H2,1-2H3. The summed E-state index contributed by atoms with van der Waals surface area (Å²) >= 11 is 0. The second kappa shape index (κ2) is 7.65. The molecule has 0 unspecified atom stereocenters. The van der Waals surface area contributed by atoms with Gasteiger partial charge in [-0.3, -0.25) is 19.4 Å². The number of carbonyl (C=O) groups excluding carboxylic acids is 1. The first-order valence-electron chi connectivity index (χ1n) is 10.4. The highest BCUT2D eigenvalue weighted by atomic mass is 16.5. The fourth-order valence-corrected chi connectivity index (χ4v) is 4.33. The Balaban J connectivity index is 1.35. The van der Waals surface area contributed by atoms with Crippen molar-refractivity contribution in [1.29, 1.82) is 0 Å². The van der Waals surface area contributed by atoms with Crippen LogP contribution in [0.25, 0.3) is 11.3 Å². The fourth-order valence-electron chi connectivity index (χ4n) is 4.33. The minimum absolute atomic E-state index is 0.107. The van der Waals surface area contributed by atoms with Crippen LogP contribution in [-0.2, 0) is 24.8 Å². The molecule has 1 fully saturated rings. The van der Waals surface area contributed by atoms with E-state index in [1.54, 1.807) is 4.68 Å². The third kappa shape index (κ3) is 3.50. The van der Waals surface area contributed by atoms with Crippen molar-refractivity contribution in [2.75, 3.05) is 13.2 Å². The van der Waals surface area contributed by atoms with Crippen molar-refractivity contribution in [2.24, 2.45) is 7.05 Å². The van der Waals surface area contributed by atoms with Crippen molar-refractivity contribution in [3.05, 3.63) is 64.9 Å². The number of pyridine rings is 2. The highest BCUT2D eigenvalue weighted by Crippen LogP contribution is 2.29. The zero-order valence-electron chi connectivity index (χ0n) is 17.3. The summed E-state index contributed by atoms with van der Waals surface area (Å²) in [5.74, 6) is 0.107. The van der Waals surface area contributed by atoms with Crippen molar-refractivity contribution in [2.45, 2.75) is 38.8 Å². The molecule has 3 aromatic heterocycles. The number of rotatable bonds is 4. The lowest BCUT2D eigenvalue weighted by Crippen LogP contribution is -2.39. The molecule has 30 heavy (non-hydrogen) atoms. The van der Waals surface area contributed by atoms with Gasteiger partial charge in [-0.05, 0) is 43.0 Å². The van der Waals surface area contributed by atoms with Crippen LogP contribution in [0.3, 0.4) is 0 Å². The molecule has 0 N–H and O–H groups in total. The lowest BCUT2D eigenvalue weighted by Gasteiger charge is -2.30.